The second-order valence-corrected chi connectivity index (χ2v) is 5.98. The van der Waals surface area contributed by atoms with Gasteiger partial charge in [-0.25, -0.2) is 13.1 Å². The highest BCUT2D eigenvalue weighted by Crippen LogP contribution is 2.44. The molecule has 0 spiro atoms. The van der Waals surface area contributed by atoms with Crippen LogP contribution in [0, 0.1) is 5.41 Å². The van der Waals surface area contributed by atoms with Crippen LogP contribution in [0.1, 0.15) is 19.8 Å². The monoisotopic (exact) mass is 249 g/mol. The van der Waals surface area contributed by atoms with E-state index in [-0.39, 0.29) is 18.2 Å². The van der Waals surface area contributed by atoms with E-state index in [9.17, 15) is 13.2 Å². The highest BCUT2D eigenvalue weighted by atomic mass is 32.2. The first-order valence-electron chi connectivity index (χ1n) is 5.41. The van der Waals surface area contributed by atoms with E-state index < -0.39 is 15.4 Å². The summed E-state index contributed by atoms with van der Waals surface area (Å²) in [6.45, 7) is 2.54. The Morgan fingerprint density at radius 3 is 2.50 bits per heavy atom. The largest absolute Gasteiger partial charge is 0.355 e. The molecule has 1 saturated carbocycles. The molecular weight excluding hydrogens is 230 g/mol. The fourth-order valence-electron chi connectivity index (χ4n) is 1.45. The number of hydrogen-bond donors (Lipinski definition) is 3. The third-order valence-corrected chi connectivity index (χ3v) is 4.22. The number of rotatable bonds is 7. The smallest absolute Gasteiger partial charge is 0.227 e. The Kier molecular flexibility index (Phi) is 4.28. The van der Waals surface area contributed by atoms with Crippen LogP contribution in [-0.2, 0) is 14.8 Å². The molecule has 1 amide bonds. The predicted octanol–water partition coefficient (Wildman–Crippen LogP) is -1.22. The fourth-order valence-corrected chi connectivity index (χ4v) is 2.41. The van der Waals surface area contributed by atoms with Crippen LogP contribution in [0.5, 0.6) is 0 Å². The molecule has 0 bridgehead atoms. The molecule has 16 heavy (non-hydrogen) atoms. The van der Waals surface area contributed by atoms with Crippen molar-refractivity contribution in [1.82, 2.24) is 10.0 Å². The molecule has 0 radical (unpaired) electrons. The SMILES string of the molecule is CCNS(=O)(=O)CCNC(=O)C1(CN)CC1. The van der Waals surface area contributed by atoms with E-state index in [0.717, 1.165) is 12.8 Å². The Hall–Kier alpha value is -0.660. The Balaban J connectivity index is 2.28. The molecule has 0 heterocycles. The number of amides is 1. The van der Waals surface area contributed by atoms with E-state index in [1.807, 2.05) is 0 Å². The number of nitrogens with one attached hydrogen (secondary N) is 2. The first-order chi connectivity index (χ1) is 7.46. The summed E-state index contributed by atoms with van der Waals surface area (Å²) in [7, 11) is -3.26. The lowest BCUT2D eigenvalue weighted by Gasteiger charge is -2.12. The van der Waals surface area contributed by atoms with Crippen LogP contribution in [0.3, 0.4) is 0 Å². The molecule has 94 valence electrons. The number of carbonyl (C=O) groups is 1. The van der Waals surface area contributed by atoms with Crippen molar-refractivity contribution in [3.05, 3.63) is 0 Å². The quantitative estimate of drug-likeness (QED) is 0.526. The average Bonchev–Trinajstić information content (AvgIpc) is 2.97. The summed E-state index contributed by atoms with van der Waals surface area (Å²) in [5.41, 5.74) is 5.07. The molecule has 7 heteroatoms. The molecule has 6 nitrogen and oxygen atoms in total. The maximum atomic E-state index is 11.6. The normalized spacial score (nSPS) is 18.1. The zero-order valence-corrected chi connectivity index (χ0v) is 10.3. The fraction of sp³-hybridized carbons (Fsp3) is 0.889. The molecule has 0 atom stereocenters. The van der Waals surface area contributed by atoms with E-state index in [2.05, 4.69) is 10.0 Å². The summed E-state index contributed by atoms with van der Waals surface area (Å²) in [4.78, 5) is 11.6. The molecule has 1 aliphatic rings. The van der Waals surface area contributed by atoms with Gasteiger partial charge >= 0.3 is 0 Å². The minimum absolute atomic E-state index is 0.0900. The van der Waals surface area contributed by atoms with Gasteiger partial charge in [0.05, 0.1) is 11.2 Å². The highest BCUT2D eigenvalue weighted by molar-refractivity contribution is 7.89. The zero-order valence-electron chi connectivity index (χ0n) is 9.45. The molecule has 0 aromatic rings. The van der Waals surface area contributed by atoms with Crippen LogP contribution in [0.15, 0.2) is 0 Å². The van der Waals surface area contributed by atoms with Crippen LogP contribution in [0.2, 0.25) is 0 Å². The van der Waals surface area contributed by atoms with E-state index in [1.54, 1.807) is 6.92 Å². The van der Waals surface area contributed by atoms with Gasteiger partial charge in [-0.15, -0.1) is 0 Å². The summed E-state index contributed by atoms with van der Waals surface area (Å²) >= 11 is 0. The predicted molar refractivity (Wildman–Crippen MR) is 61.2 cm³/mol. The molecule has 1 aliphatic carbocycles. The summed E-state index contributed by atoms with van der Waals surface area (Å²) in [6, 6.07) is 0. The number of sulfonamides is 1. The van der Waals surface area contributed by atoms with Crippen molar-refractivity contribution in [3.8, 4) is 0 Å². The molecule has 1 rings (SSSR count). The minimum atomic E-state index is -3.26. The molecule has 0 aliphatic heterocycles. The van der Waals surface area contributed by atoms with Gasteiger partial charge < -0.3 is 11.1 Å². The number of nitrogens with two attached hydrogens (primary N) is 1. The van der Waals surface area contributed by atoms with Crippen LogP contribution >= 0.6 is 0 Å². The van der Waals surface area contributed by atoms with Gasteiger partial charge in [-0.1, -0.05) is 6.92 Å². The van der Waals surface area contributed by atoms with Crippen molar-refractivity contribution < 1.29 is 13.2 Å². The van der Waals surface area contributed by atoms with Gasteiger partial charge in [-0.2, -0.15) is 0 Å². The summed E-state index contributed by atoms with van der Waals surface area (Å²) in [6.07, 6.45) is 1.60. The molecule has 0 aromatic heterocycles. The van der Waals surface area contributed by atoms with Gasteiger partial charge in [-0.05, 0) is 12.8 Å². The molecule has 0 saturated heterocycles. The topological polar surface area (TPSA) is 101 Å². The van der Waals surface area contributed by atoms with Gasteiger partial charge in [0.15, 0.2) is 0 Å². The first kappa shape index (κ1) is 13.4. The molecule has 1 fully saturated rings. The van der Waals surface area contributed by atoms with Crippen LogP contribution < -0.4 is 15.8 Å². The Morgan fingerprint density at radius 2 is 2.06 bits per heavy atom. The molecular formula is C9H19N3O3S. The third-order valence-electron chi connectivity index (χ3n) is 2.75. The van der Waals surface area contributed by atoms with E-state index >= 15 is 0 Å². The summed E-state index contributed by atoms with van der Waals surface area (Å²) in [5.74, 6) is -0.213. The maximum absolute atomic E-state index is 11.6. The second-order valence-electron chi connectivity index (χ2n) is 4.06. The zero-order chi connectivity index (χ0) is 12.2. The van der Waals surface area contributed by atoms with E-state index in [0.29, 0.717) is 13.1 Å². The van der Waals surface area contributed by atoms with Crippen molar-refractivity contribution in [2.24, 2.45) is 11.1 Å². The second kappa shape index (κ2) is 5.11. The Bertz CT molecular complexity index is 349. The lowest BCUT2D eigenvalue weighted by atomic mass is 10.1. The van der Waals surface area contributed by atoms with Crippen LogP contribution in [-0.4, -0.2) is 39.7 Å². The number of hydrogen-bond acceptors (Lipinski definition) is 4. The standard InChI is InChI=1S/C9H19N3O3S/c1-2-12-16(14,15)6-5-11-8(13)9(7-10)3-4-9/h12H,2-7,10H2,1H3,(H,11,13). The van der Waals surface area contributed by atoms with Crippen molar-refractivity contribution in [1.29, 1.82) is 0 Å². The first-order valence-corrected chi connectivity index (χ1v) is 7.07. The summed E-state index contributed by atoms with van der Waals surface area (Å²) < 4.78 is 24.9. The van der Waals surface area contributed by atoms with Gasteiger partial charge in [-0.3, -0.25) is 4.79 Å². The lowest BCUT2D eigenvalue weighted by Crippen LogP contribution is -2.40. The van der Waals surface area contributed by atoms with Gasteiger partial charge in [0.25, 0.3) is 0 Å². The highest BCUT2D eigenvalue weighted by Gasteiger charge is 2.48. The van der Waals surface area contributed by atoms with Gasteiger partial charge in [0, 0.05) is 19.6 Å². The number of carbonyl (C=O) groups excluding carboxylic acids is 1. The van der Waals surface area contributed by atoms with Gasteiger partial charge in [0.2, 0.25) is 15.9 Å². The maximum Gasteiger partial charge on any atom is 0.227 e. The lowest BCUT2D eigenvalue weighted by molar-refractivity contribution is -0.125. The Morgan fingerprint density at radius 1 is 1.44 bits per heavy atom. The van der Waals surface area contributed by atoms with Crippen molar-refractivity contribution in [2.75, 3.05) is 25.4 Å². The minimum Gasteiger partial charge on any atom is -0.355 e. The van der Waals surface area contributed by atoms with Crippen molar-refractivity contribution in [3.63, 3.8) is 0 Å². The van der Waals surface area contributed by atoms with E-state index in [4.69, 9.17) is 5.73 Å². The summed E-state index contributed by atoms with van der Waals surface area (Å²) in [5, 5.41) is 2.61. The van der Waals surface area contributed by atoms with Gasteiger partial charge in [0.1, 0.15) is 0 Å². The molecule has 0 aromatic carbocycles. The van der Waals surface area contributed by atoms with Crippen molar-refractivity contribution >= 4 is 15.9 Å². The molecule has 4 N–H and O–H groups in total. The molecule has 0 unspecified atom stereocenters. The van der Waals surface area contributed by atoms with Crippen LogP contribution in [0.4, 0.5) is 0 Å². The third kappa shape index (κ3) is 3.43. The van der Waals surface area contributed by atoms with Crippen LogP contribution in [0.25, 0.3) is 0 Å². The Labute approximate surface area is 96.0 Å². The van der Waals surface area contributed by atoms with Crippen molar-refractivity contribution in [2.45, 2.75) is 19.8 Å². The van der Waals surface area contributed by atoms with E-state index in [1.165, 1.54) is 0 Å². The average molecular weight is 249 g/mol.